The zero-order valence-electron chi connectivity index (χ0n) is 13.4. The minimum absolute atomic E-state index is 0.187. The highest BCUT2D eigenvalue weighted by Crippen LogP contribution is 2.19. The molecule has 0 aliphatic carbocycles. The maximum atomic E-state index is 12.4. The first-order valence-electron chi connectivity index (χ1n) is 7.17. The van der Waals surface area contributed by atoms with Gasteiger partial charge < -0.3 is 11.1 Å². The highest BCUT2D eigenvalue weighted by Gasteiger charge is 2.26. The molecule has 116 valence electrons. The number of amides is 2. The molecule has 0 atom stereocenters. The molecule has 0 saturated carbocycles. The van der Waals surface area contributed by atoms with E-state index in [2.05, 4.69) is 10.3 Å². The third-order valence-electron chi connectivity index (χ3n) is 3.76. The largest absolute Gasteiger partial charge is 0.369 e. The first-order chi connectivity index (χ1) is 10.2. The van der Waals surface area contributed by atoms with Crippen molar-refractivity contribution >= 4 is 22.7 Å². The Hall–Kier alpha value is -2.43. The molecule has 0 spiro atoms. The predicted molar refractivity (Wildman–Crippen MR) is 86.5 cm³/mol. The van der Waals surface area contributed by atoms with Gasteiger partial charge in [0.15, 0.2) is 0 Å². The van der Waals surface area contributed by atoms with Gasteiger partial charge in [-0.2, -0.15) is 0 Å². The van der Waals surface area contributed by atoms with Crippen LogP contribution in [0.1, 0.15) is 35.5 Å². The van der Waals surface area contributed by atoms with Crippen molar-refractivity contribution < 1.29 is 9.59 Å². The summed E-state index contributed by atoms with van der Waals surface area (Å²) in [6.45, 7) is 7.38. The molecule has 1 aromatic carbocycles. The number of hydrogen-bond donors (Lipinski definition) is 2. The summed E-state index contributed by atoms with van der Waals surface area (Å²) in [5.41, 5.74) is 7.67. The first-order valence-corrected chi connectivity index (χ1v) is 7.17. The van der Waals surface area contributed by atoms with E-state index in [0.717, 1.165) is 16.5 Å². The van der Waals surface area contributed by atoms with Crippen molar-refractivity contribution in [2.75, 3.05) is 6.54 Å². The fraction of sp³-hybridized carbons (Fsp3) is 0.353. The van der Waals surface area contributed by atoms with E-state index in [1.807, 2.05) is 31.2 Å². The molecule has 0 bridgehead atoms. The van der Waals surface area contributed by atoms with Crippen LogP contribution in [0, 0.1) is 19.3 Å². The van der Waals surface area contributed by atoms with Gasteiger partial charge in [0.1, 0.15) is 0 Å². The van der Waals surface area contributed by atoms with E-state index in [9.17, 15) is 9.59 Å². The van der Waals surface area contributed by atoms with Gasteiger partial charge in [-0.3, -0.25) is 14.6 Å². The SMILES string of the molecule is Cc1ccc2nc(C)c(C(=O)NCC(C)(C)C(N)=O)cc2c1. The number of fused-ring (bicyclic) bond motifs is 1. The molecule has 0 fully saturated rings. The number of primary amides is 1. The van der Waals surface area contributed by atoms with Crippen LogP contribution in [0.15, 0.2) is 24.3 Å². The molecular formula is C17H21N3O2. The Morgan fingerprint density at radius 2 is 1.91 bits per heavy atom. The molecule has 0 unspecified atom stereocenters. The monoisotopic (exact) mass is 299 g/mol. The van der Waals surface area contributed by atoms with Crippen LogP contribution in [0.25, 0.3) is 10.9 Å². The van der Waals surface area contributed by atoms with E-state index in [1.165, 1.54) is 0 Å². The Kier molecular flexibility index (Phi) is 4.17. The van der Waals surface area contributed by atoms with Gasteiger partial charge in [-0.05, 0) is 45.9 Å². The number of nitrogens with zero attached hydrogens (tertiary/aromatic N) is 1. The predicted octanol–water partition coefficient (Wildman–Crippen LogP) is 2.09. The normalized spacial score (nSPS) is 11.5. The topological polar surface area (TPSA) is 85.1 Å². The van der Waals surface area contributed by atoms with Crippen LogP contribution < -0.4 is 11.1 Å². The Bertz CT molecular complexity index is 751. The number of carbonyl (C=O) groups is 2. The summed E-state index contributed by atoms with van der Waals surface area (Å²) < 4.78 is 0. The van der Waals surface area contributed by atoms with Crippen molar-refractivity contribution in [1.82, 2.24) is 10.3 Å². The molecular weight excluding hydrogens is 278 g/mol. The van der Waals surface area contributed by atoms with Crippen LogP contribution in [0.5, 0.6) is 0 Å². The number of benzene rings is 1. The summed E-state index contributed by atoms with van der Waals surface area (Å²) >= 11 is 0. The molecule has 2 amide bonds. The molecule has 1 heterocycles. The summed E-state index contributed by atoms with van der Waals surface area (Å²) in [5, 5.41) is 3.68. The minimum atomic E-state index is -0.787. The van der Waals surface area contributed by atoms with Crippen molar-refractivity contribution in [3.63, 3.8) is 0 Å². The van der Waals surface area contributed by atoms with E-state index in [-0.39, 0.29) is 12.5 Å². The van der Waals surface area contributed by atoms with Crippen LogP contribution in [0.2, 0.25) is 0 Å². The zero-order chi connectivity index (χ0) is 16.5. The van der Waals surface area contributed by atoms with E-state index >= 15 is 0 Å². The van der Waals surface area contributed by atoms with E-state index < -0.39 is 11.3 Å². The van der Waals surface area contributed by atoms with Gasteiger partial charge in [0.25, 0.3) is 5.91 Å². The number of aryl methyl sites for hydroxylation is 2. The number of rotatable bonds is 4. The highest BCUT2D eigenvalue weighted by atomic mass is 16.2. The van der Waals surface area contributed by atoms with Gasteiger partial charge in [-0.1, -0.05) is 11.6 Å². The van der Waals surface area contributed by atoms with Crippen molar-refractivity contribution in [3.05, 3.63) is 41.1 Å². The standard InChI is InChI=1S/C17H21N3O2/c1-10-5-6-14-12(7-10)8-13(11(2)20-14)15(21)19-9-17(3,4)16(18)22/h5-8H,9H2,1-4H3,(H2,18,22)(H,19,21). The second-order valence-corrected chi connectivity index (χ2v) is 6.25. The average molecular weight is 299 g/mol. The quantitative estimate of drug-likeness (QED) is 0.906. The van der Waals surface area contributed by atoms with Gasteiger partial charge in [-0.25, -0.2) is 0 Å². The van der Waals surface area contributed by atoms with E-state index in [1.54, 1.807) is 20.8 Å². The Morgan fingerprint density at radius 1 is 1.23 bits per heavy atom. The van der Waals surface area contributed by atoms with Crippen molar-refractivity contribution in [2.45, 2.75) is 27.7 Å². The molecule has 0 aliphatic rings. The van der Waals surface area contributed by atoms with Gasteiger partial charge >= 0.3 is 0 Å². The second-order valence-electron chi connectivity index (χ2n) is 6.25. The molecule has 0 saturated heterocycles. The number of pyridine rings is 1. The Morgan fingerprint density at radius 3 is 2.55 bits per heavy atom. The van der Waals surface area contributed by atoms with Gasteiger partial charge in [0.05, 0.1) is 22.2 Å². The summed E-state index contributed by atoms with van der Waals surface area (Å²) in [6, 6.07) is 7.75. The fourth-order valence-electron chi connectivity index (χ4n) is 2.11. The third kappa shape index (κ3) is 3.24. The van der Waals surface area contributed by atoms with Crippen molar-refractivity contribution in [1.29, 1.82) is 0 Å². The molecule has 5 heteroatoms. The zero-order valence-corrected chi connectivity index (χ0v) is 13.4. The lowest BCUT2D eigenvalue weighted by molar-refractivity contribution is -0.125. The molecule has 1 aromatic heterocycles. The minimum Gasteiger partial charge on any atom is -0.369 e. The lowest BCUT2D eigenvalue weighted by Crippen LogP contribution is -2.42. The number of aromatic nitrogens is 1. The number of carbonyl (C=O) groups excluding carboxylic acids is 2. The maximum absolute atomic E-state index is 12.4. The third-order valence-corrected chi connectivity index (χ3v) is 3.76. The van der Waals surface area contributed by atoms with Crippen LogP contribution in [-0.2, 0) is 4.79 Å². The lowest BCUT2D eigenvalue weighted by atomic mass is 9.92. The van der Waals surface area contributed by atoms with Gasteiger partial charge in [0.2, 0.25) is 5.91 Å². The first kappa shape index (κ1) is 15.9. The highest BCUT2D eigenvalue weighted by molar-refractivity contribution is 5.99. The van der Waals surface area contributed by atoms with Gasteiger partial charge in [-0.15, -0.1) is 0 Å². The Labute approximate surface area is 129 Å². The second kappa shape index (κ2) is 5.75. The fourth-order valence-corrected chi connectivity index (χ4v) is 2.11. The summed E-state index contributed by atoms with van der Waals surface area (Å²) in [6.07, 6.45) is 0. The maximum Gasteiger partial charge on any atom is 0.253 e. The molecule has 2 rings (SSSR count). The number of hydrogen-bond acceptors (Lipinski definition) is 3. The van der Waals surface area contributed by atoms with Gasteiger partial charge in [0, 0.05) is 11.9 Å². The summed E-state index contributed by atoms with van der Waals surface area (Å²) in [7, 11) is 0. The van der Waals surface area contributed by atoms with E-state index in [4.69, 9.17) is 5.73 Å². The molecule has 22 heavy (non-hydrogen) atoms. The molecule has 2 aromatic rings. The molecule has 3 N–H and O–H groups in total. The Balaban J connectivity index is 2.28. The summed E-state index contributed by atoms with van der Waals surface area (Å²) in [4.78, 5) is 28.1. The van der Waals surface area contributed by atoms with Crippen LogP contribution in [-0.4, -0.2) is 23.3 Å². The van der Waals surface area contributed by atoms with Crippen LogP contribution in [0.3, 0.4) is 0 Å². The summed E-state index contributed by atoms with van der Waals surface area (Å²) in [5.74, 6) is -0.695. The lowest BCUT2D eigenvalue weighted by Gasteiger charge is -2.21. The number of nitrogens with one attached hydrogen (secondary N) is 1. The average Bonchev–Trinajstić information content (AvgIpc) is 2.44. The van der Waals surface area contributed by atoms with Crippen LogP contribution >= 0.6 is 0 Å². The van der Waals surface area contributed by atoms with E-state index in [0.29, 0.717) is 11.3 Å². The van der Waals surface area contributed by atoms with Crippen LogP contribution in [0.4, 0.5) is 0 Å². The molecule has 0 radical (unpaired) electrons. The van der Waals surface area contributed by atoms with Crippen molar-refractivity contribution in [3.8, 4) is 0 Å². The number of nitrogens with two attached hydrogens (primary N) is 1. The molecule has 5 nitrogen and oxygen atoms in total. The molecule has 0 aliphatic heterocycles. The smallest absolute Gasteiger partial charge is 0.253 e. The van der Waals surface area contributed by atoms with Crippen molar-refractivity contribution in [2.24, 2.45) is 11.1 Å².